The molecule has 214 valence electrons. The van der Waals surface area contributed by atoms with Gasteiger partial charge in [0.1, 0.15) is 21.9 Å². The molecule has 0 aromatic heterocycles. The van der Waals surface area contributed by atoms with Crippen molar-refractivity contribution < 1.29 is 25.8 Å². The van der Waals surface area contributed by atoms with Crippen LogP contribution in [0.1, 0.15) is 16.7 Å². The zero-order valence-corrected chi connectivity index (χ0v) is 27.0. The average molecular weight is 611 g/mol. The first-order valence-electron chi connectivity index (χ1n) is 12.9. The molecule has 0 aliphatic heterocycles. The summed E-state index contributed by atoms with van der Waals surface area (Å²) in [4.78, 5) is 0. The van der Waals surface area contributed by atoms with Crippen molar-refractivity contribution >= 4 is 47.8 Å². The number of fused-ring (bicyclic) bond motifs is 2. The van der Waals surface area contributed by atoms with Crippen molar-refractivity contribution in [2.45, 2.75) is 51.7 Å². The molecule has 4 aromatic carbocycles. The SMILES string of the molecule is C[Si](C)(C)C#Cc1ccc2ccc(C#C[Si](C)(C)C)cc2c1.Cc1ccc2ccc(OS(=O)(=O)C(F)(F)F)cc2c1. The van der Waals surface area contributed by atoms with E-state index in [1.54, 1.807) is 12.1 Å². The monoisotopic (exact) mass is 610 g/mol. The summed E-state index contributed by atoms with van der Waals surface area (Å²) in [5.74, 6) is 6.30. The van der Waals surface area contributed by atoms with Crippen LogP contribution in [-0.2, 0) is 10.1 Å². The zero-order chi connectivity index (χ0) is 30.6. The molecule has 0 amide bonds. The smallest absolute Gasteiger partial charge is 0.376 e. The fourth-order valence-corrected chi connectivity index (χ4v) is 4.98. The third-order valence-corrected chi connectivity index (χ3v) is 8.19. The Morgan fingerprint density at radius 1 is 0.634 bits per heavy atom. The molecule has 0 unspecified atom stereocenters. The molecule has 0 aliphatic carbocycles. The summed E-state index contributed by atoms with van der Waals surface area (Å²) in [6, 6.07) is 22.2. The Bertz CT molecular complexity index is 1740. The van der Waals surface area contributed by atoms with Crippen LogP contribution in [0.15, 0.2) is 72.8 Å². The van der Waals surface area contributed by atoms with E-state index in [9.17, 15) is 21.6 Å². The van der Waals surface area contributed by atoms with Crippen molar-refractivity contribution in [1.82, 2.24) is 0 Å². The highest BCUT2D eigenvalue weighted by molar-refractivity contribution is 7.88. The van der Waals surface area contributed by atoms with Gasteiger partial charge in [-0.2, -0.15) is 21.6 Å². The number of benzene rings is 4. The molecular formula is C32H33F3O3SSi2. The van der Waals surface area contributed by atoms with Gasteiger partial charge in [-0.05, 0) is 64.9 Å². The summed E-state index contributed by atoms with van der Waals surface area (Å²) < 4.78 is 62.4. The average Bonchev–Trinajstić information content (AvgIpc) is 2.84. The van der Waals surface area contributed by atoms with Crippen LogP contribution in [0.5, 0.6) is 5.75 Å². The van der Waals surface area contributed by atoms with E-state index in [4.69, 9.17) is 0 Å². The molecule has 4 rings (SSSR count). The van der Waals surface area contributed by atoms with Crippen LogP contribution in [0.25, 0.3) is 21.5 Å². The summed E-state index contributed by atoms with van der Waals surface area (Å²) in [5, 5.41) is 3.86. The Kier molecular flexibility index (Phi) is 9.49. The third kappa shape index (κ3) is 9.82. The summed E-state index contributed by atoms with van der Waals surface area (Å²) >= 11 is 0. The van der Waals surface area contributed by atoms with Crippen molar-refractivity contribution in [2.75, 3.05) is 0 Å². The lowest BCUT2D eigenvalue weighted by Gasteiger charge is -2.10. The summed E-state index contributed by atoms with van der Waals surface area (Å²) in [6.45, 7) is 15.4. The van der Waals surface area contributed by atoms with Crippen LogP contribution in [0.3, 0.4) is 0 Å². The van der Waals surface area contributed by atoms with Crippen LogP contribution in [0, 0.1) is 29.9 Å². The highest BCUT2D eigenvalue weighted by Gasteiger charge is 2.48. The Morgan fingerprint density at radius 3 is 1.54 bits per heavy atom. The maximum absolute atomic E-state index is 12.2. The Balaban J connectivity index is 0.000000228. The third-order valence-electron chi connectivity index (χ3n) is 5.46. The second-order valence-electron chi connectivity index (χ2n) is 11.8. The van der Waals surface area contributed by atoms with E-state index < -0.39 is 31.8 Å². The molecule has 0 saturated heterocycles. The molecule has 0 heterocycles. The lowest BCUT2D eigenvalue weighted by molar-refractivity contribution is -0.0500. The molecule has 0 fully saturated rings. The molecule has 0 aliphatic rings. The molecule has 0 atom stereocenters. The highest BCUT2D eigenvalue weighted by atomic mass is 32.2. The van der Waals surface area contributed by atoms with Crippen molar-refractivity contribution in [2.24, 2.45) is 0 Å². The fourth-order valence-electron chi connectivity index (χ4n) is 3.49. The van der Waals surface area contributed by atoms with E-state index in [-0.39, 0.29) is 5.75 Å². The number of halogens is 3. The minimum atomic E-state index is -5.63. The first-order valence-corrected chi connectivity index (χ1v) is 21.3. The van der Waals surface area contributed by atoms with Crippen molar-refractivity contribution in [3.63, 3.8) is 0 Å². The van der Waals surface area contributed by atoms with Crippen LogP contribution in [0.4, 0.5) is 13.2 Å². The quantitative estimate of drug-likeness (QED) is 0.0987. The fraction of sp³-hybridized carbons (Fsp3) is 0.250. The predicted molar refractivity (Wildman–Crippen MR) is 169 cm³/mol. The Morgan fingerprint density at radius 2 is 1.07 bits per heavy atom. The molecule has 3 nitrogen and oxygen atoms in total. The van der Waals surface area contributed by atoms with Gasteiger partial charge in [-0.3, -0.25) is 0 Å². The number of rotatable bonds is 2. The molecule has 0 N–H and O–H groups in total. The van der Waals surface area contributed by atoms with E-state index >= 15 is 0 Å². The molecule has 4 aromatic rings. The molecule has 0 saturated carbocycles. The topological polar surface area (TPSA) is 43.4 Å². The van der Waals surface area contributed by atoms with Gasteiger partial charge in [0.2, 0.25) is 0 Å². The van der Waals surface area contributed by atoms with E-state index in [2.05, 4.69) is 103 Å². The lowest BCUT2D eigenvalue weighted by atomic mass is 10.0. The van der Waals surface area contributed by atoms with E-state index in [0.29, 0.717) is 5.39 Å². The first kappa shape index (κ1) is 32.0. The second-order valence-corrected chi connectivity index (χ2v) is 22.8. The van der Waals surface area contributed by atoms with E-state index in [1.165, 1.54) is 29.0 Å². The van der Waals surface area contributed by atoms with E-state index in [1.807, 2.05) is 13.0 Å². The van der Waals surface area contributed by atoms with Gasteiger partial charge in [0.05, 0.1) is 0 Å². The van der Waals surface area contributed by atoms with Gasteiger partial charge < -0.3 is 4.18 Å². The largest absolute Gasteiger partial charge is 0.534 e. The van der Waals surface area contributed by atoms with Crippen LogP contribution in [-0.4, -0.2) is 30.1 Å². The van der Waals surface area contributed by atoms with Crippen molar-refractivity contribution in [1.29, 1.82) is 0 Å². The molecule has 0 radical (unpaired) electrons. The zero-order valence-electron chi connectivity index (χ0n) is 24.2. The molecule has 9 heteroatoms. The van der Waals surface area contributed by atoms with Gasteiger partial charge in [0, 0.05) is 11.1 Å². The van der Waals surface area contributed by atoms with Gasteiger partial charge in [-0.1, -0.05) is 93.1 Å². The Hall–Kier alpha value is -3.51. The van der Waals surface area contributed by atoms with Crippen molar-refractivity contribution in [3.05, 3.63) is 89.5 Å². The number of aryl methyl sites for hydroxylation is 1. The standard InChI is InChI=1S/C20H24Si2.C12H9F3O3S/c1-21(2,3)13-11-17-7-9-19-10-8-18(16-20(19)15-17)12-14-22(4,5)6;1-8-2-3-9-4-5-11(7-10(9)6-8)18-19(16,17)12(13,14)15/h7-10,15-16H,1-6H3;2-7H,1H3. The van der Waals surface area contributed by atoms with Gasteiger partial charge >= 0.3 is 15.6 Å². The summed E-state index contributed by atoms with van der Waals surface area (Å²) in [7, 11) is -8.29. The minimum absolute atomic E-state index is 0.365. The second kappa shape index (κ2) is 12.2. The normalized spacial score (nSPS) is 12.0. The summed E-state index contributed by atoms with van der Waals surface area (Å²) in [6.07, 6.45) is 0. The summed E-state index contributed by atoms with van der Waals surface area (Å²) in [5.41, 5.74) is 4.53. The minimum Gasteiger partial charge on any atom is -0.376 e. The first-order chi connectivity index (χ1) is 18.8. The van der Waals surface area contributed by atoms with Crippen LogP contribution in [0.2, 0.25) is 39.3 Å². The molecular weight excluding hydrogens is 578 g/mol. The van der Waals surface area contributed by atoms with Gasteiger partial charge in [-0.15, -0.1) is 11.1 Å². The highest BCUT2D eigenvalue weighted by Crippen LogP contribution is 2.29. The van der Waals surface area contributed by atoms with Crippen LogP contribution < -0.4 is 4.18 Å². The molecule has 0 spiro atoms. The predicted octanol–water partition coefficient (Wildman–Crippen LogP) is 8.67. The Labute approximate surface area is 242 Å². The van der Waals surface area contributed by atoms with Crippen LogP contribution >= 0.6 is 0 Å². The maximum Gasteiger partial charge on any atom is 0.534 e. The van der Waals surface area contributed by atoms with E-state index in [0.717, 1.165) is 22.1 Å². The van der Waals surface area contributed by atoms with Gasteiger partial charge in [0.15, 0.2) is 0 Å². The number of hydrogen-bond donors (Lipinski definition) is 0. The number of hydrogen-bond acceptors (Lipinski definition) is 3. The van der Waals surface area contributed by atoms with Gasteiger partial charge in [-0.25, -0.2) is 0 Å². The lowest BCUT2D eigenvalue weighted by Crippen LogP contribution is -2.28. The molecule has 0 bridgehead atoms. The number of alkyl halides is 3. The maximum atomic E-state index is 12.2. The van der Waals surface area contributed by atoms with Crippen molar-refractivity contribution in [3.8, 4) is 28.7 Å². The van der Waals surface area contributed by atoms with Gasteiger partial charge in [0.25, 0.3) is 0 Å². The molecule has 41 heavy (non-hydrogen) atoms.